The van der Waals surface area contributed by atoms with Crippen molar-refractivity contribution in [2.45, 2.75) is 83.7 Å². The number of aliphatic hydroxyl groups is 1. The van der Waals surface area contributed by atoms with Crippen molar-refractivity contribution in [2.75, 3.05) is 0 Å². The van der Waals surface area contributed by atoms with Gasteiger partial charge in [0.05, 0.1) is 6.10 Å². The highest BCUT2D eigenvalue weighted by Crippen LogP contribution is 2.61. The smallest absolute Gasteiger partial charge is 0.0971 e. The van der Waals surface area contributed by atoms with Crippen LogP contribution >= 0.6 is 15.9 Å². The molecule has 0 amide bonds. The predicted octanol–water partition coefficient (Wildman–Crippen LogP) is 7.31. The summed E-state index contributed by atoms with van der Waals surface area (Å²) >= 11 is 3.88. The maximum atomic E-state index is 10.5. The Morgan fingerprint density at radius 2 is 1.92 bits per heavy atom. The molecule has 0 spiro atoms. The molecule has 1 aromatic rings. The van der Waals surface area contributed by atoms with E-state index in [-0.39, 0.29) is 5.41 Å². The molecular formula is C24H33BrO. The van der Waals surface area contributed by atoms with Gasteiger partial charge in [-0.05, 0) is 78.0 Å². The standard InChI is InChI=1S/C24H33BrO/c1-5-8-23(26)17-9-10-18-19-13-16(4)22(25)15-21(19)24(11-6-2,12-7-3)20(18)14-17/h5,8-10,14,19,21,23,26H,6-7,11-13,15H2,1-4H3/b8-5+/t19-,21-,23-/m0/s1. The molecule has 2 aliphatic carbocycles. The summed E-state index contributed by atoms with van der Waals surface area (Å²) in [6.07, 6.45) is 10.6. The fraction of sp³-hybridized carbons (Fsp3) is 0.583. The van der Waals surface area contributed by atoms with Crippen molar-refractivity contribution in [1.29, 1.82) is 0 Å². The normalized spacial score (nSPS) is 25.5. The first-order valence-corrected chi connectivity index (χ1v) is 11.1. The zero-order valence-corrected chi connectivity index (χ0v) is 18.3. The second-order valence-corrected chi connectivity index (χ2v) is 9.24. The van der Waals surface area contributed by atoms with Crippen molar-refractivity contribution >= 4 is 15.9 Å². The maximum Gasteiger partial charge on any atom is 0.0971 e. The molecule has 1 N–H and O–H groups in total. The fourth-order valence-electron chi connectivity index (χ4n) is 5.66. The topological polar surface area (TPSA) is 20.2 Å². The molecule has 142 valence electrons. The molecule has 1 aromatic carbocycles. The molecule has 2 heteroatoms. The number of rotatable bonds is 6. The molecule has 3 rings (SSSR count). The van der Waals surface area contributed by atoms with Gasteiger partial charge < -0.3 is 5.11 Å². The van der Waals surface area contributed by atoms with Crippen molar-refractivity contribution in [3.05, 3.63) is 57.1 Å². The van der Waals surface area contributed by atoms with E-state index in [0.717, 1.165) is 12.0 Å². The van der Waals surface area contributed by atoms with Crippen molar-refractivity contribution in [3.63, 3.8) is 0 Å². The second-order valence-electron chi connectivity index (χ2n) is 8.28. The summed E-state index contributed by atoms with van der Waals surface area (Å²) in [6.45, 7) is 8.89. The Morgan fingerprint density at radius 3 is 2.54 bits per heavy atom. The van der Waals surface area contributed by atoms with Gasteiger partial charge in [0.25, 0.3) is 0 Å². The highest BCUT2D eigenvalue weighted by atomic mass is 79.9. The lowest BCUT2D eigenvalue weighted by molar-refractivity contribution is 0.212. The van der Waals surface area contributed by atoms with Gasteiger partial charge >= 0.3 is 0 Å². The van der Waals surface area contributed by atoms with Crippen LogP contribution in [0.3, 0.4) is 0 Å². The van der Waals surface area contributed by atoms with Gasteiger partial charge in [-0.2, -0.15) is 0 Å². The summed E-state index contributed by atoms with van der Waals surface area (Å²) in [6, 6.07) is 6.82. The van der Waals surface area contributed by atoms with Gasteiger partial charge in [-0.15, -0.1) is 0 Å². The highest BCUT2D eigenvalue weighted by Gasteiger charge is 2.51. The molecule has 2 aliphatic rings. The van der Waals surface area contributed by atoms with Gasteiger partial charge in [0.1, 0.15) is 0 Å². The maximum absolute atomic E-state index is 10.5. The van der Waals surface area contributed by atoms with Crippen LogP contribution in [0.4, 0.5) is 0 Å². The van der Waals surface area contributed by atoms with E-state index < -0.39 is 6.10 Å². The number of halogens is 1. The number of aliphatic hydroxyl groups excluding tert-OH is 1. The van der Waals surface area contributed by atoms with Crippen molar-refractivity contribution < 1.29 is 5.11 Å². The summed E-state index contributed by atoms with van der Waals surface area (Å²) in [5, 5.41) is 10.5. The minimum absolute atomic E-state index is 0.259. The Morgan fingerprint density at radius 1 is 1.23 bits per heavy atom. The first-order valence-electron chi connectivity index (χ1n) is 10.3. The van der Waals surface area contributed by atoms with Crippen LogP contribution in [0.1, 0.15) is 94.9 Å². The molecule has 0 bridgehead atoms. The van der Waals surface area contributed by atoms with Crippen LogP contribution in [0, 0.1) is 5.92 Å². The monoisotopic (exact) mass is 416 g/mol. The Labute approximate surface area is 167 Å². The Balaban J connectivity index is 2.15. The molecule has 0 aromatic heterocycles. The van der Waals surface area contributed by atoms with Gasteiger partial charge in [0.15, 0.2) is 0 Å². The quantitative estimate of drug-likeness (QED) is 0.481. The Bertz CT molecular complexity index is 709. The van der Waals surface area contributed by atoms with E-state index in [2.05, 4.69) is 54.9 Å². The minimum Gasteiger partial charge on any atom is -0.384 e. The van der Waals surface area contributed by atoms with Crippen LogP contribution < -0.4 is 0 Å². The van der Waals surface area contributed by atoms with Crippen LogP contribution in [-0.2, 0) is 5.41 Å². The van der Waals surface area contributed by atoms with Gasteiger partial charge in [-0.1, -0.05) is 78.5 Å². The first-order chi connectivity index (χ1) is 12.5. The highest BCUT2D eigenvalue weighted by molar-refractivity contribution is 9.11. The molecule has 0 fully saturated rings. The van der Waals surface area contributed by atoms with E-state index in [1.165, 1.54) is 47.7 Å². The van der Waals surface area contributed by atoms with E-state index in [9.17, 15) is 5.11 Å². The lowest BCUT2D eigenvalue weighted by atomic mass is 9.64. The van der Waals surface area contributed by atoms with Gasteiger partial charge in [-0.3, -0.25) is 0 Å². The Hall–Kier alpha value is -0.860. The van der Waals surface area contributed by atoms with Crippen molar-refractivity contribution in [3.8, 4) is 0 Å². The average Bonchev–Trinajstić information content (AvgIpc) is 2.86. The third-order valence-electron chi connectivity index (χ3n) is 6.71. The predicted molar refractivity (Wildman–Crippen MR) is 115 cm³/mol. The van der Waals surface area contributed by atoms with Crippen LogP contribution in [0.2, 0.25) is 0 Å². The summed E-state index contributed by atoms with van der Waals surface area (Å²) in [7, 11) is 0. The van der Waals surface area contributed by atoms with Crippen molar-refractivity contribution in [2.24, 2.45) is 5.92 Å². The molecule has 0 aliphatic heterocycles. The second kappa shape index (κ2) is 8.02. The van der Waals surface area contributed by atoms with Crippen LogP contribution in [0.5, 0.6) is 0 Å². The van der Waals surface area contributed by atoms with Gasteiger partial charge in [-0.25, -0.2) is 0 Å². The van der Waals surface area contributed by atoms with Crippen LogP contribution in [-0.4, -0.2) is 5.11 Å². The third kappa shape index (κ3) is 3.24. The molecule has 1 nitrogen and oxygen atoms in total. The number of hydrogen-bond acceptors (Lipinski definition) is 1. The average molecular weight is 417 g/mol. The molecule has 26 heavy (non-hydrogen) atoms. The third-order valence-corrected chi connectivity index (χ3v) is 7.71. The number of fused-ring (bicyclic) bond motifs is 3. The number of hydrogen-bond donors (Lipinski definition) is 1. The van der Waals surface area contributed by atoms with Crippen LogP contribution in [0.25, 0.3) is 0 Å². The molecular weight excluding hydrogens is 384 g/mol. The zero-order valence-electron chi connectivity index (χ0n) is 16.7. The summed E-state index contributed by atoms with van der Waals surface area (Å²) in [5.74, 6) is 1.32. The fourth-order valence-corrected chi connectivity index (χ4v) is 6.17. The first kappa shape index (κ1) is 19.9. The minimum atomic E-state index is -0.500. The molecule has 0 unspecified atom stereocenters. The number of benzene rings is 1. The van der Waals surface area contributed by atoms with E-state index in [1.807, 2.05) is 19.1 Å². The number of allylic oxidation sites excluding steroid dienone is 3. The lowest BCUT2D eigenvalue weighted by Gasteiger charge is -2.41. The van der Waals surface area contributed by atoms with Gasteiger partial charge in [0.2, 0.25) is 0 Å². The summed E-state index contributed by atoms with van der Waals surface area (Å²) < 4.78 is 1.43. The lowest BCUT2D eigenvalue weighted by Crippen LogP contribution is -2.34. The van der Waals surface area contributed by atoms with Crippen molar-refractivity contribution in [1.82, 2.24) is 0 Å². The van der Waals surface area contributed by atoms with E-state index in [1.54, 1.807) is 5.56 Å². The molecule has 0 radical (unpaired) electrons. The molecule has 0 heterocycles. The summed E-state index contributed by atoms with van der Waals surface area (Å²) in [4.78, 5) is 0. The van der Waals surface area contributed by atoms with Gasteiger partial charge in [0, 0.05) is 0 Å². The summed E-state index contributed by atoms with van der Waals surface area (Å²) in [5.41, 5.74) is 5.90. The molecule has 3 atom stereocenters. The van der Waals surface area contributed by atoms with E-state index in [0.29, 0.717) is 11.8 Å². The zero-order chi connectivity index (χ0) is 18.9. The van der Waals surface area contributed by atoms with E-state index in [4.69, 9.17) is 0 Å². The largest absolute Gasteiger partial charge is 0.384 e. The van der Waals surface area contributed by atoms with Crippen LogP contribution in [0.15, 0.2) is 40.4 Å². The SMILES string of the molecule is C/C=C/[C@H](O)c1ccc2c(c1)C(CCC)(CCC)[C@H]1CC(Br)=C(C)C[C@@H]21. The molecule has 0 saturated carbocycles. The molecule has 0 saturated heterocycles. The van der Waals surface area contributed by atoms with E-state index >= 15 is 0 Å². The Kier molecular flexibility index (Phi) is 6.14.